The summed E-state index contributed by atoms with van der Waals surface area (Å²) < 4.78 is 6.62. The van der Waals surface area contributed by atoms with E-state index in [2.05, 4.69) is 9.97 Å². The maximum atomic E-state index is 12.3. The van der Waals surface area contributed by atoms with E-state index in [1.165, 1.54) is 40.5 Å². The number of carbonyl (C=O) groups is 2. The Hall–Kier alpha value is -2.59. The molecule has 0 saturated carbocycles. The van der Waals surface area contributed by atoms with Crippen LogP contribution in [-0.4, -0.2) is 33.0 Å². The van der Waals surface area contributed by atoms with Crippen molar-refractivity contribution in [3.05, 3.63) is 39.2 Å². The molecule has 0 aromatic carbocycles. The highest BCUT2D eigenvalue weighted by atomic mass is 32.1. The number of fused-ring (bicyclic) bond motifs is 1. The van der Waals surface area contributed by atoms with E-state index in [9.17, 15) is 14.4 Å². The maximum absolute atomic E-state index is 12.3. The first-order valence-corrected chi connectivity index (χ1v) is 10.1. The zero-order valence-electron chi connectivity index (χ0n) is 14.9. The summed E-state index contributed by atoms with van der Waals surface area (Å²) in [5, 5.41) is 4.70. The summed E-state index contributed by atoms with van der Waals surface area (Å²) in [6.07, 6.45) is 1.50. The van der Waals surface area contributed by atoms with Crippen LogP contribution in [0.1, 0.15) is 26.0 Å². The summed E-state index contributed by atoms with van der Waals surface area (Å²) in [5.41, 5.74) is 0.420. The van der Waals surface area contributed by atoms with Crippen LogP contribution in [0.3, 0.4) is 0 Å². The second-order valence-corrected chi connectivity index (χ2v) is 7.41. The van der Waals surface area contributed by atoms with Crippen LogP contribution in [0, 0.1) is 0 Å². The highest BCUT2D eigenvalue weighted by Gasteiger charge is 2.14. The molecule has 8 nitrogen and oxygen atoms in total. The number of thiazole rings is 1. The van der Waals surface area contributed by atoms with Gasteiger partial charge in [0.1, 0.15) is 11.4 Å². The fraction of sp³-hybridized carbons (Fsp3) is 0.353. The van der Waals surface area contributed by atoms with E-state index in [-0.39, 0.29) is 31.0 Å². The lowest BCUT2D eigenvalue weighted by Gasteiger charge is -2.14. The summed E-state index contributed by atoms with van der Waals surface area (Å²) in [5.74, 6) is -0.516. The minimum atomic E-state index is -0.430. The summed E-state index contributed by atoms with van der Waals surface area (Å²) in [6.45, 7) is 4.11. The number of carbonyl (C=O) groups excluding carboxylic acids is 2. The van der Waals surface area contributed by atoms with Gasteiger partial charge in [0.25, 0.3) is 5.56 Å². The lowest BCUT2D eigenvalue weighted by atomic mass is 10.4. The maximum Gasteiger partial charge on any atom is 0.307 e. The monoisotopic (exact) mass is 406 g/mol. The number of hydrogen-bond donors (Lipinski definition) is 0. The average Bonchev–Trinajstić information content (AvgIpc) is 3.29. The quantitative estimate of drug-likeness (QED) is 0.559. The number of nitrogens with zero attached hydrogens (tertiary/aromatic N) is 4. The number of aromatic nitrogens is 3. The molecule has 0 fully saturated rings. The fourth-order valence-corrected chi connectivity index (χ4v) is 4.11. The number of esters is 1. The molecular weight excluding hydrogens is 388 g/mol. The predicted molar refractivity (Wildman–Crippen MR) is 104 cm³/mol. The summed E-state index contributed by atoms with van der Waals surface area (Å²) in [6, 6.07) is 1.73. The normalized spacial score (nSPS) is 10.9. The molecule has 27 heavy (non-hydrogen) atoms. The van der Waals surface area contributed by atoms with Crippen molar-refractivity contribution in [2.45, 2.75) is 33.4 Å². The molecule has 0 radical (unpaired) electrons. The molecule has 1 amide bonds. The van der Waals surface area contributed by atoms with Gasteiger partial charge in [0.05, 0.1) is 23.8 Å². The summed E-state index contributed by atoms with van der Waals surface area (Å²) in [7, 11) is 0. The lowest BCUT2D eigenvalue weighted by Crippen LogP contribution is -2.27. The molecule has 0 aliphatic carbocycles. The van der Waals surface area contributed by atoms with Crippen LogP contribution in [0.2, 0.25) is 0 Å². The summed E-state index contributed by atoms with van der Waals surface area (Å²) in [4.78, 5) is 46.5. The van der Waals surface area contributed by atoms with E-state index in [0.29, 0.717) is 27.6 Å². The van der Waals surface area contributed by atoms with Gasteiger partial charge in [0.15, 0.2) is 5.13 Å². The molecule has 3 aromatic rings. The third-order valence-electron chi connectivity index (χ3n) is 3.86. The predicted octanol–water partition coefficient (Wildman–Crippen LogP) is 2.42. The van der Waals surface area contributed by atoms with Crippen molar-refractivity contribution in [3.63, 3.8) is 0 Å². The van der Waals surface area contributed by atoms with Crippen molar-refractivity contribution in [2.75, 3.05) is 11.4 Å². The van der Waals surface area contributed by atoms with E-state index in [1.807, 2.05) is 12.3 Å². The van der Waals surface area contributed by atoms with Crippen LogP contribution in [0.5, 0.6) is 0 Å². The molecule has 0 spiro atoms. The zero-order valence-corrected chi connectivity index (χ0v) is 16.5. The first-order chi connectivity index (χ1) is 13.0. The molecule has 3 aromatic heterocycles. The number of anilines is 1. The first kappa shape index (κ1) is 19.2. The van der Waals surface area contributed by atoms with Crippen LogP contribution < -0.4 is 10.5 Å². The largest absolute Gasteiger partial charge is 0.459 e. The number of ether oxygens (including phenoxy) is 1. The van der Waals surface area contributed by atoms with Crippen molar-refractivity contribution in [2.24, 2.45) is 0 Å². The number of thiophene rings is 1. The van der Waals surface area contributed by atoms with Crippen molar-refractivity contribution < 1.29 is 14.3 Å². The van der Waals surface area contributed by atoms with Crippen LogP contribution >= 0.6 is 22.7 Å². The van der Waals surface area contributed by atoms with Gasteiger partial charge in [-0.1, -0.05) is 0 Å². The van der Waals surface area contributed by atoms with Crippen LogP contribution in [0.4, 0.5) is 5.13 Å². The molecule has 0 N–H and O–H groups in total. The molecule has 0 aliphatic heterocycles. The third-order valence-corrected chi connectivity index (χ3v) is 5.59. The minimum Gasteiger partial charge on any atom is -0.459 e. The van der Waals surface area contributed by atoms with Gasteiger partial charge in [0.2, 0.25) is 5.91 Å². The molecule has 0 unspecified atom stereocenters. The van der Waals surface area contributed by atoms with Gasteiger partial charge in [0, 0.05) is 25.4 Å². The van der Waals surface area contributed by atoms with Gasteiger partial charge < -0.3 is 4.74 Å². The molecule has 10 heteroatoms. The Morgan fingerprint density at radius 1 is 1.33 bits per heavy atom. The smallest absolute Gasteiger partial charge is 0.307 e. The highest BCUT2D eigenvalue weighted by molar-refractivity contribution is 7.16. The van der Waals surface area contributed by atoms with Gasteiger partial charge in [-0.25, -0.2) is 9.97 Å². The molecule has 3 heterocycles. The Kier molecular flexibility index (Phi) is 5.97. The van der Waals surface area contributed by atoms with Gasteiger partial charge in [-0.15, -0.1) is 22.7 Å². The number of amides is 1. The van der Waals surface area contributed by atoms with Crippen molar-refractivity contribution in [3.8, 4) is 0 Å². The van der Waals surface area contributed by atoms with Gasteiger partial charge in [-0.2, -0.15) is 0 Å². The van der Waals surface area contributed by atoms with E-state index in [0.717, 1.165) is 0 Å². The molecule has 0 saturated heterocycles. The second-order valence-electron chi connectivity index (χ2n) is 5.68. The molecular formula is C17H18N4O4S2. The van der Waals surface area contributed by atoms with Crippen molar-refractivity contribution in [1.82, 2.24) is 14.5 Å². The fourth-order valence-electron chi connectivity index (χ4n) is 2.47. The minimum absolute atomic E-state index is 0.0293. The van der Waals surface area contributed by atoms with Crippen molar-refractivity contribution in [1.29, 1.82) is 0 Å². The van der Waals surface area contributed by atoms with Crippen LogP contribution in [0.15, 0.2) is 27.9 Å². The molecule has 0 aliphatic rings. The number of hydrogen-bond acceptors (Lipinski definition) is 8. The Morgan fingerprint density at radius 3 is 2.89 bits per heavy atom. The standard InChI is InChI=1S/C17H18N4O4S2/c1-3-21(11(2)22)17-19-12(9-27-17)8-25-14(23)4-6-20-10-18-15-13(16(20)24)5-7-26-15/h5,7,9-10H,3-4,6,8H2,1-2H3. The topological polar surface area (TPSA) is 94.4 Å². The van der Waals surface area contributed by atoms with Crippen LogP contribution in [-0.2, 0) is 27.5 Å². The van der Waals surface area contributed by atoms with Gasteiger partial charge in [-0.3, -0.25) is 23.9 Å². The average molecular weight is 406 g/mol. The summed E-state index contributed by atoms with van der Waals surface area (Å²) >= 11 is 2.73. The second kappa shape index (κ2) is 8.40. The molecule has 0 atom stereocenters. The van der Waals surface area contributed by atoms with Gasteiger partial charge >= 0.3 is 5.97 Å². The van der Waals surface area contributed by atoms with Gasteiger partial charge in [-0.05, 0) is 18.4 Å². The Morgan fingerprint density at radius 2 is 2.15 bits per heavy atom. The molecule has 142 valence electrons. The third kappa shape index (κ3) is 4.40. The zero-order chi connectivity index (χ0) is 19.4. The van der Waals surface area contributed by atoms with Crippen LogP contribution in [0.25, 0.3) is 10.2 Å². The Labute approximate surface area is 163 Å². The van der Waals surface area contributed by atoms with Crippen molar-refractivity contribution >= 4 is 49.9 Å². The Bertz CT molecular complexity index is 1020. The first-order valence-electron chi connectivity index (χ1n) is 8.30. The number of aryl methyl sites for hydroxylation is 1. The number of rotatable bonds is 7. The Balaban J connectivity index is 1.54. The molecule has 3 rings (SSSR count). The highest BCUT2D eigenvalue weighted by Crippen LogP contribution is 2.21. The lowest BCUT2D eigenvalue weighted by molar-refractivity contribution is -0.145. The molecule has 0 bridgehead atoms. The van der Waals surface area contributed by atoms with E-state index in [1.54, 1.807) is 16.3 Å². The SMILES string of the molecule is CCN(C(C)=O)c1nc(COC(=O)CCn2cnc3sccc3c2=O)cs1. The van der Waals surface area contributed by atoms with E-state index < -0.39 is 5.97 Å². The van der Waals surface area contributed by atoms with E-state index in [4.69, 9.17) is 4.74 Å². The van der Waals surface area contributed by atoms with E-state index >= 15 is 0 Å².